The molecule has 1 aliphatic heterocycles. The fraction of sp³-hybridized carbons (Fsp3) is 0.269. The van der Waals surface area contributed by atoms with Gasteiger partial charge in [-0.25, -0.2) is 17.6 Å². The molecule has 0 aromatic heterocycles. The van der Waals surface area contributed by atoms with Crippen LogP contribution in [0, 0.1) is 5.82 Å². The van der Waals surface area contributed by atoms with Crippen LogP contribution in [0.25, 0.3) is 0 Å². The Morgan fingerprint density at radius 3 is 2.31 bits per heavy atom. The minimum absolute atomic E-state index is 0.293. The zero-order chi connectivity index (χ0) is 25.5. The van der Waals surface area contributed by atoms with Crippen molar-refractivity contribution < 1.29 is 17.6 Å². The molecule has 1 saturated heterocycles. The summed E-state index contributed by atoms with van der Waals surface area (Å²) >= 11 is 6.04. The van der Waals surface area contributed by atoms with E-state index in [4.69, 9.17) is 11.6 Å². The zero-order valence-electron chi connectivity index (χ0n) is 19.7. The third-order valence-corrected chi connectivity index (χ3v) is 8.20. The standard InChI is InChI=1S/C26H28ClFN4O3S/c27-22-5-4-6-24(19-22)29-26(33)31(20-21-9-11-23(28)12-10-21)16-13-30-14-17-32(18-15-30)36(34,35)25-7-2-1-3-8-25/h1-12,19H,13-18,20H2,(H,29,33). The lowest BCUT2D eigenvalue weighted by atomic mass is 10.2. The van der Waals surface area contributed by atoms with Crippen molar-refractivity contribution >= 4 is 33.3 Å². The summed E-state index contributed by atoms with van der Waals surface area (Å²) in [5.74, 6) is -0.336. The second kappa shape index (κ2) is 11.8. The van der Waals surface area contributed by atoms with Crippen LogP contribution in [0.2, 0.25) is 5.02 Å². The van der Waals surface area contributed by atoms with Gasteiger partial charge in [0.25, 0.3) is 0 Å². The van der Waals surface area contributed by atoms with Crippen molar-refractivity contribution in [3.63, 3.8) is 0 Å². The molecule has 0 atom stereocenters. The number of amides is 2. The second-order valence-electron chi connectivity index (χ2n) is 8.55. The van der Waals surface area contributed by atoms with Crippen molar-refractivity contribution in [1.29, 1.82) is 0 Å². The van der Waals surface area contributed by atoms with E-state index >= 15 is 0 Å². The van der Waals surface area contributed by atoms with Crippen molar-refractivity contribution in [2.45, 2.75) is 11.4 Å². The summed E-state index contributed by atoms with van der Waals surface area (Å²) in [5.41, 5.74) is 1.38. The van der Waals surface area contributed by atoms with E-state index in [0.717, 1.165) is 5.56 Å². The largest absolute Gasteiger partial charge is 0.322 e. The Kier molecular flexibility index (Phi) is 8.58. The van der Waals surface area contributed by atoms with Gasteiger partial charge in [0.05, 0.1) is 4.90 Å². The molecule has 0 saturated carbocycles. The van der Waals surface area contributed by atoms with Gasteiger partial charge in [-0.05, 0) is 48.0 Å². The minimum atomic E-state index is -3.52. The van der Waals surface area contributed by atoms with Gasteiger partial charge in [-0.1, -0.05) is 48.0 Å². The number of piperazine rings is 1. The van der Waals surface area contributed by atoms with Crippen LogP contribution in [0.15, 0.2) is 83.8 Å². The van der Waals surface area contributed by atoms with Gasteiger partial charge >= 0.3 is 6.03 Å². The smallest absolute Gasteiger partial charge is 0.319 e. The average molecular weight is 531 g/mol. The van der Waals surface area contributed by atoms with Gasteiger partial charge in [-0.15, -0.1) is 0 Å². The van der Waals surface area contributed by atoms with E-state index in [-0.39, 0.29) is 11.8 Å². The molecule has 0 unspecified atom stereocenters. The van der Waals surface area contributed by atoms with Crippen molar-refractivity contribution in [2.24, 2.45) is 0 Å². The summed E-state index contributed by atoms with van der Waals surface area (Å²) in [7, 11) is -3.52. The molecule has 3 aromatic carbocycles. The molecule has 7 nitrogen and oxygen atoms in total. The molecule has 0 spiro atoms. The van der Waals surface area contributed by atoms with E-state index in [1.54, 1.807) is 71.6 Å². The highest BCUT2D eigenvalue weighted by Crippen LogP contribution is 2.18. The molecule has 1 aliphatic rings. The molecular formula is C26H28ClFN4O3S. The van der Waals surface area contributed by atoms with Crippen molar-refractivity contribution in [3.05, 3.63) is 95.3 Å². The van der Waals surface area contributed by atoms with Crippen LogP contribution in [0.1, 0.15) is 5.56 Å². The lowest BCUT2D eigenvalue weighted by Crippen LogP contribution is -2.50. The van der Waals surface area contributed by atoms with Crippen molar-refractivity contribution in [1.82, 2.24) is 14.1 Å². The van der Waals surface area contributed by atoms with Crippen LogP contribution in [0.3, 0.4) is 0 Å². The number of carbonyl (C=O) groups is 1. The highest BCUT2D eigenvalue weighted by Gasteiger charge is 2.28. The van der Waals surface area contributed by atoms with E-state index in [1.165, 1.54) is 16.4 Å². The molecule has 36 heavy (non-hydrogen) atoms. The fourth-order valence-electron chi connectivity index (χ4n) is 4.03. The van der Waals surface area contributed by atoms with Crippen LogP contribution < -0.4 is 5.32 Å². The van der Waals surface area contributed by atoms with Gasteiger partial charge in [0.1, 0.15) is 5.82 Å². The summed E-state index contributed by atoms with van der Waals surface area (Å²) in [6, 6.07) is 21.1. The maximum Gasteiger partial charge on any atom is 0.322 e. The Morgan fingerprint density at radius 1 is 0.944 bits per heavy atom. The van der Waals surface area contributed by atoms with Gasteiger partial charge in [-0.2, -0.15) is 4.31 Å². The molecule has 10 heteroatoms. The lowest BCUT2D eigenvalue weighted by Gasteiger charge is -2.35. The topological polar surface area (TPSA) is 73.0 Å². The number of nitrogens with one attached hydrogen (secondary N) is 1. The maximum atomic E-state index is 13.4. The third kappa shape index (κ3) is 6.82. The number of anilines is 1. The monoisotopic (exact) mass is 530 g/mol. The molecule has 1 N–H and O–H groups in total. The van der Waals surface area contributed by atoms with Gasteiger partial charge < -0.3 is 10.2 Å². The first-order valence-corrected chi connectivity index (χ1v) is 13.5. The Balaban J connectivity index is 1.38. The fourth-order valence-corrected chi connectivity index (χ4v) is 5.66. The molecule has 0 bridgehead atoms. The predicted octanol–water partition coefficient (Wildman–Crippen LogP) is 4.52. The molecule has 0 aliphatic carbocycles. The van der Waals surface area contributed by atoms with E-state index in [1.807, 2.05) is 0 Å². The zero-order valence-corrected chi connectivity index (χ0v) is 21.3. The van der Waals surface area contributed by atoms with Gasteiger partial charge in [0, 0.05) is 56.5 Å². The summed E-state index contributed by atoms with van der Waals surface area (Å²) in [4.78, 5) is 17.2. The first-order valence-electron chi connectivity index (χ1n) is 11.6. The molecule has 1 fully saturated rings. The van der Waals surface area contributed by atoms with Gasteiger partial charge in [0.15, 0.2) is 0 Å². The van der Waals surface area contributed by atoms with Crippen LogP contribution >= 0.6 is 11.6 Å². The molecule has 1 heterocycles. The number of hydrogen-bond donors (Lipinski definition) is 1. The summed E-state index contributed by atoms with van der Waals surface area (Å²) in [5, 5.41) is 3.38. The molecular weight excluding hydrogens is 503 g/mol. The second-order valence-corrected chi connectivity index (χ2v) is 10.9. The molecule has 190 valence electrons. The summed E-state index contributed by atoms with van der Waals surface area (Å²) in [6.45, 7) is 3.17. The quantitative estimate of drug-likeness (QED) is 0.465. The van der Waals surface area contributed by atoms with E-state index in [0.29, 0.717) is 61.4 Å². The Morgan fingerprint density at radius 2 is 1.64 bits per heavy atom. The number of halogens is 2. The summed E-state index contributed by atoms with van der Waals surface area (Å²) < 4.78 is 40.6. The molecule has 3 aromatic rings. The van der Waals surface area contributed by atoms with Gasteiger partial charge in [-0.3, -0.25) is 4.90 Å². The lowest BCUT2D eigenvalue weighted by molar-refractivity contribution is 0.161. The van der Waals surface area contributed by atoms with E-state index in [2.05, 4.69) is 10.2 Å². The van der Waals surface area contributed by atoms with Crippen molar-refractivity contribution in [2.75, 3.05) is 44.6 Å². The van der Waals surface area contributed by atoms with Crippen LogP contribution in [0.5, 0.6) is 0 Å². The molecule has 0 radical (unpaired) electrons. The van der Waals surface area contributed by atoms with Crippen LogP contribution in [-0.4, -0.2) is 67.8 Å². The van der Waals surface area contributed by atoms with Crippen LogP contribution in [0.4, 0.5) is 14.9 Å². The maximum absolute atomic E-state index is 13.4. The number of hydrogen-bond acceptors (Lipinski definition) is 4. The Labute approximate surface area is 216 Å². The predicted molar refractivity (Wildman–Crippen MR) is 139 cm³/mol. The highest BCUT2D eigenvalue weighted by atomic mass is 35.5. The Bertz CT molecular complexity index is 1270. The highest BCUT2D eigenvalue weighted by molar-refractivity contribution is 7.89. The number of rotatable bonds is 8. The van der Waals surface area contributed by atoms with Crippen LogP contribution in [-0.2, 0) is 16.6 Å². The number of nitrogens with zero attached hydrogens (tertiary/aromatic N) is 3. The van der Waals surface area contributed by atoms with Crippen molar-refractivity contribution in [3.8, 4) is 0 Å². The number of sulfonamides is 1. The molecule has 4 rings (SSSR count). The summed E-state index contributed by atoms with van der Waals surface area (Å²) in [6.07, 6.45) is 0. The minimum Gasteiger partial charge on any atom is -0.319 e. The van der Waals surface area contributed by atoms with Gasteiger partial charge in [0.2, 0.25) is 10.0 Å². The van der Waals surface area contributed by atoms with E-state index < -0.39 is 10.0 Å². The number of urea groups is 1. The number of benzene rings is 3. The Hall–Kier alpha value is -2.98. The van der Waals surface area contributed by atoms with E-state index in [9.17, 15) is 17.6 Å². The first-order chi connectivity index (χ1) is 17.3. The first kappa shape index (κ1) is 26.1. The third-order valence-electron chi connectivity index (χ3n) is 6.05. The normalized spacial score (nSPS) is 14.9. The molecule has 2 amide bonds. The number of carbonyl (C=O) groups excluding carboxylic acids is 1. The average Bonchev–Trinajstić information content (AvgIpc) is 2.88. The SMILES string of the molecule is O=C(Nc1cccc(Cl)c1)N(CCN1CCN(S(=O)(=O)c2ccccc2)CC1)Cc1ccc(F)cc1.